The fourth-order valence-corrected chi connectivity index (χ4v) is 2.24. The number of hydrogen-bond acceptors (Lipinski definition) is 4. The van der Waals surface area contributed by atoms with Crippen LogP contribution in [0, 0.1) is 0 Å². The third-order valence-corrected chi connectivity index (χ3v) is 3.29. The monoisotopic (exact) mass is 395 g/mol. The predicted octanol–water partition coefficient (Wildman–Crippen LogP) is 4.95. The van der Waals surface area contributed by atoms with Crippen LogP contribution in [0.1, 0.15) is 39.2 Å². The van der Waals surface area contributed by atoms with Crippen molar-refractivity contribution in [3.63, 3.8) is 0 Å². The van der Waals surface area contributed by atoms with Crippen LogP contribution in [0.3, 0.4) is 0 Å². The quantitative estimate of drug-likeness (QED) is 0.484. The van der Waals surface area contributed by atoms with Gasteiger partial charge in [0.2, 0.25) is 0 Å². The average molecular weight is 396 g/mol. The minimum absolute atomic E-state index is 0.0692. The summed E-state index contributed by atoms with van der Waals surface area (Å²) in [5.41, 5.74) is -0.205. The van der Waals surface area contributed by atoms with Crippen LogP contribution in [0.15, 0.2) is 18.2 Å². The smallest absolute Gasteiger partial charge is 0.444 e. The topological polar surface area (TPSA) is 55.8 Å². The van der Waals surface area contributed by atoms with E-state index >= 15 is 0 Å². The molecule has 5 nitrogen and oxygen atoms in total. The first-order valence-electron chi connectivity index (χ1n) is 7.87. The van der Waals surface area contributed by atoms with Gasteiger partial charge in [-0.3, -0.25) is 0 Å². The summed E-state index contributed by atoms with van der Waals surface area (Å²) >= 11 is 5.83. The molecule has 0 bridgehead atoms. The lowest BCUT2D eigenvalue weighted by Crippen LogP contribution is -2.37. The summed E-state index contributed by atoms with van der Waals surface area (Å²) < 4.78 is 46.0. The van der Waals surface area contributed by atoms with E-state index in [0.717, 1.165) is 12.4 Å². The third-order valence-electron chi connectivity index (χ3n) is 3.00. The van der Waals surface area contributed by atoms with Crippen LogP contribution in [0.25, 0.3) is 0 Å². The highest BCUT2D eigenvalue weighted by Crippen LogP contribution is 2.31. The zero-order chi connectivity index (χ0) is 20.0. The van der Waals surface area contributed by atoms with Crippen molar-refractivity contribution in [2.75, 3.05) is 6.54 Å². The highest BCUT2D eigenvalue weighted by molar-refractivity contribution is 6.32. The number of hydrogen-bond donors (Lipinski definition) is 0. The van der Waals surface area contributed by atoms with Crippen LogP contribution in [0.4, 0.5) is 18.0 Å². The van der Waals surface area contributed by atoms with Gasteiger partial charge >= 0.3 is 12.5 Å². The largest absolute Gasteiger partial charge is 0.573 e. The van der Waals surface area contributed by atoms with Crippen molar-refractivity contribution < 1.29 is 32.2 Å². The summed E-state index contributed by atoms with van der Waals surface area (Å²) in [6.07, 6.45) is -3.98. The Bertz CT molecular complexity index is 629. The molecule has 0 unspecified atom stereocenters. The Morgan fingerprint density at radius 3 is 2.42 bits per heavy atom. The van der Waals surface area contributed by atoms with E-state index < -0.39 is 23.8 Å². The van der Waals surface area contributed by atoms with Gasteiger partial charge in [-0.15, -0.1) is 13.2 Å². The summed E-state index contributed by atoms with van der Waals surface area (Å²) in [6, 6.07) is 3.76. The molecule has 0 fully saturated rings. The second-order valence-corrected chi connectivity index (χ2v) is 6.93. The van der Waals surface area contributed by atoms with Gasteiger partial charge in [0.1, 0.15) is 17.6 Å². The number of aldehydes is 1. The first kappa shape index (κ1) is 22.1. The van der Waals surface area contributed by atoms with Crippen molar-refractivity contribution in [3.8, 4) is 5.75 Å². The molecule has 1 aromatic rings. The van der Waals surface area contributed by atoms with Crippen LogP contribution in [-0.4, -0.2) is 35.8 Å². The Balaban J connectivity index is 2.90. The number of carbonyl (C=O) groups is 2. The maximum Gasteiger partial charge on any atom is 0.573 e. The molecule has 0 aliphatic rings. The molecule has 0 aliphatic carbocycles. The van der Waals surface area contributed by atoms with Crippen LogP contribution in [0.5, 0.6) is 5.75 Å². The molecule has 0 radical (unpaired) electrons. The lowest BCUT2D eigenvalue weighted by molar-refractivity contribution is -0.274. The molecule has 0 atom stereocenters. The van der Waals surface area contributed by atoms with Crippen LogP contribution in [0.2, 0.25) is 5.02 Å². The highest BCUT2D eigenvalue weighted by Gasteiger charge is 2.32. The van der Waals surface area contributed by atoms with Gasteiger partial charge in [0, 0.05) is 19.5 Å². The molecule has 0 aromatic heterocycles. The van der Waals surface area contributed by atoms with Gasteiger partial charge in [-0.2, -0.15) is 0 Å². The molecule has 0 saturated carbocycles. The molecule has 0 aliphatic heterocycles. The number of benzene rings is 1. The van der Waals surface area contributed by atoms with Crippen LogP contribution < -0.4 is 4.74 Å². The van der Waals surface area contributed by atoms with Gasteiger partial charge in [-0.05, 0) is 44.9 Å². The van der Waals surface area contributed by atoms with Gasteiger partial charge in [0.25, 0.3) is 0 Å². The third kappa shape index (κ3) is 8.42. The van der Waals surface area contributed by atoms with Crippen molar-refractivity contribution >= 4 is 24.0 Å². The van der Waals surface area contributed by atoms with Crippen molar-refractivity contribution in [2.45, 2.75) is 52.1 Å². The minimum Gasteiger partial charge on any atom is -0.444 e. The van der Waals surface area contributed by atoms with Crippen molar-refractivity contribution in [2.24, 2.45) is 0 Å². The lowest BCUT2D eigenvalue weighted by atomic mass is 10.2. The van der Waals surface area contributed by atoms with Crippen LogP contribution >= 0.6 is 11.6 Å². The fraction of sp³-hybridized carbons (Fsp3) is 0.529. The van der Waals surface area contributed by atoms with Crippen molar-refractivity contribution in [1.29, 1.82) is 0 Å². The number of halogens is 4. The molecule has 0 heterocycles. The Hall–Kier alpha value is -1.96. The molecule has 26 heavy (non-hydrogen) atoms. The number of nitrogens with zero attached hydrogens (tertiary/aromatic N) is 1. The summed E-state index contributed by atoms with van der Waals surface area (Å²) in [7, 11) is 0. The Morgan fingerprint density at radius 2 is 1.92 bits per heavy atom. The summed E-state index contributed by atoms with van der Waals surface area (Å²) in [4.78, 5) is 24.2. The maximum atomic E-state index is 12.3. The molecular weight excluding hydrogens is 375 g/mol. The molecule has 9 heteroatoms. The second-order valence-electron chi connectivity index (χ2n) is 6.52. The molecule has 0 saturated heterocycles. The van der Waals surface area contributed by atoms with Gasteiger partial charge in [0.05, 0.1) is 5.02 Å². The standard InChI is InChI=1S/C17H21ClF3NO4/c1-16(2,3)26-15(24)22(8-4-5-9-23)11-12-6-7-14(13(18)10-12)25-17(19,20)21/h6-7,9-10H,4-5,8,11H2,1-3H3. The summed E-state index contributed by atoms with van der Waals surface area (Å²) in [5, 5.41) is -0.225. The Labute approximate surface area is 155 Å². The number of carbonyl (C=O) groups excluding carboxylic acids is 2. The molecule has 0 spiro atoms. The average Bonchev–Trinajstić information content (AvgIpc) is 2.46. The van der Waals surface area contributed by atoms with Crippen LogP contribution in [-0.2, 0) is 16.1 Å². The predicted molar refractivity (Wildman–Crippen MR) is 90.1 cm³/mol. The number of alkyl halides is 3. The molecule has 1 amide bonds. The number of unbranched alkanes of at least 4 members (excludes halogenated alkanes) is 1. The van der Waals surface area contributed by atoms with E-state index in [1.165, 1.54) is 17.0 Å². The zero-order valence-corrected chi connectivity index (χ0v) is 15.5. The van der Waals surface area contributed by atoms with E-state index in [4.69, 9.17) is 16.3 Å². The van der Waals surface area contributed by atoms with E-state index in [-0.39, 0.29) is 24.5 Å². The van der Waals surface area contributed by atoms with Gasteiger partial charge in [0.15, 0.2) is 0 Å². The molecule has 1 aromatic carbocycles. The minimum atomic E-state index is -4.84. The highest BCUT2D eigenvalue weighted by atomic mass is 35.5. The second kappa shape index (κ2) is 9.12. The van der Waals surface area contributed by atoms with E-state index in [0.29, 0.717) is 12.0 Å². The Morgan fingerprint density at radius 1 is 1.27 bits per heavy atom. The molecular formula is C17H21ClF3NO4. The normalized spacial score (nSPS) is 11.8. The molecule has 146 valence electrons. The van der Waals surface area contributed by atoms with E-state index in [1.54, 1.807) is 20.8 Å². The van der Waals surface area contributed by atoms with Crippen molar-refractivity contribution in [3.05, 3.63) is 28.8 Å². The Kier molecular flexibility index (Phi) is 7.74. The summed E-state index contributed by atoms with van der Waals surface area (Å²) in [5.74, 6) is -0.521. The van der Waals surface area contributed by atoms with Gasteiger partial charge in [-0.25, -0.2) is 4.79 Å². The van der Waals surface area contributed by atoms with E-state index in [2.05, 4.69) is 4.74 Å². The number of amides is 1. The number of ether oxygens (including phenoxy) is 2. The fourth-order valence-electron chi connectivity index (χ4n) is 2.00. The van der Waals surface area contributed by atoms with Gasteiger partial charge in [-0.1, -0.05) is 17.7 Å². The number of rotatable bonds is 7. The molecule has 1 rings (SSSR count). The first-order valence-corrected chi connectivity index (χ1v) is 8.25. The maximum absolute atomic E-state index is 12.3. The SMILES string of the molecule is CC(C)(C)OC(=O)N(CCCC=O)Cc1ccc(OC(F)(F)F)c(Cl)c1. The van der Waals surface area contributed by atoms with Gasteiger partial charge < -0.3 is 19.2 Å². The first-order chi connectivity index (χ1) is 11.9. The zero-order valence-electron chi connectivity index (χ0n) is 14.7. The van der Waals surface area contributed by atoms with E-state index in [1.807, 2.05) is 0 Å². The lowest BCUT2D eigenvalue weighted by Gasteiger charge is -2.27. The molecule has 0 N–H and O–H groups in total. The van der Waals surface area contributed by atoms with E-state index in [9.17, 15) is 22.8 Å². The summed E-state index contributed by atoms with van der Waals surface area (Å²) in [6.45, 7) is 5.48. The van der Waals surface area contributed by atoms with Crippen molar-refractivity contribution in [1.82, 2.24) is 4.90 Å².